The number of pyridine rings is 2. The van der Waals surface area contributed by atoms with E-state index < -0.39 is 5.60 Å². The van der Waals surface area contributed by atoms with E-state index in [1.165, 1.54) is 0 Å². The van der Waals surface area contributed by atoms with Crippen molar-refractivity contribution in [2.45, 2.75) is 24.5 Å². The first-order valence-corrected chi connectivity index (χ1v) is 9.54. The van der Waals surface area contributed by atoms with Gasteiger partial charge in [-0.25, -0.2) is 0 Å². The molecule has 1 N–H and O–H groups in total. The average Bonchev–Trinajstić information content (AvgIpc) is 3.38. The molecule has 25 heavy (non-hydrogen) atoms. The Kier molecular flexibility index (Phi) is 4.61. The quantitative estimate of drug-likeness (QED) is 0.763. The molecular formula is C20H21N3OS. The topological polar surface area (TPSA) is 49.3 Å². The SMILES string of the molecule is OC(c1cccnc1)(c1cccnc1)C(c1ccsc1)N1CCCC1. The largest absolute Gasteiger partial charge is 0.378 e. The highest BCUT2D eigenvalue weighted by molar-refractivity contribution is 7.08. The molecule has 128 valence electrons. The van der Waals surface area contributed by atoms with E-state index in [0.29, 0.717) is 0 Å². The monoisotopic (exact) mass is 351 g/mol. The lowest BCUT2D eigenvalue weighted by Crippen LogP contribution is -2.44. The molecule has 1 saturated heterocycles. The molecule has 1 aliphatic heterocycles. The maximum Gasteiger partial charge on any atom is 0.137 e. The lowest BCUT2D eigenvalue weighted by molar-refractivity contribution is -0.0150. The first-order valence-electron chi connectivity index (χ1n) is 8.59. The molecule has 0 saturated carbocycles. The maximum absolute atomic E-state index is 12.1. The smallest absolute Gasteiger partial charge is 0.137 e. The van der Waals surface area contributed by atoms with E-state index in [1.54, 1.807) is 36.1 Å². The molecule has 1 unspecified atom stereocenters. The van der Waals surface area contributed by atoms with Gasteiger partial charge >= 0.3 is 0 Å². The van der Waals surface area contributed by atoms with E-state index in [1.807, 2.05) is 24.3 Å². The van der Waals surface area contributed by atoms with Crippen LogP contribution in [0.2, 0.25) is 0 Å². The zero-order chi connectivity index (χ0) is 17.1. The van der Waals surface area contributed by atoms with Crippen LogP contribution in [0.1, 0.15) is 35.6 Å². The van der Waals surface area contributed by atoms with E-state index in [4.69, 9.17) is 0 Å². The third-order valence-corrected chi connectivity index (χ3v) is 5.67. The van der Waals surface area contributed by atoms with Crippen LogP contribution >= 0.6 is 11.3 Å². The van der Waals surface area contributed by atoms with Crippen LogP contribution in [0.25, 0.3) is 0 Å². The standard InChI is InChI=1S/C20H21N3OS/c24-20(17-5-3-8-21-13-17,18-6-4-9-22-14-18)19(16-7-12-25-15-16)23-10-1-2-11-23/h3-9,12-15,19,24H,1-2,10-11H2. The zero-order valence-corrected chi connectivity index (χ0v) is 14.8. The minimum Gasteiger partial charge on any atom is -0.378 e. The Morgan fingerprint density at radius 2 is 1.64 bits per heavy atom. The summed E-state index contributed by atoms with van der Waals surface area (Å²) in [5.74, 6) is 0. The molecule has 3 aromatic rings. The van der Waals surface area contributed by atoms with Crippen LogP contribution < -0.4 is 0 Å². The van der Waals surface area contributed by atoms with Gasteiger partial charge in [-0.15, -0.1) is 0 Å². The summed E-state index contributed by atoms with van der Waals surface area (Å²) >= 11 is 1.66. The van der Waals surface area contributed by atoms with Crippen molar-refractivity contribution in [1.82, 2.24) is 14.9 Å². The van der Waals surface area contributed by atoms with Gasteiger partial charge < -0.3 is 5.11 Å². The molecule has 0 aromatic carbocycles. The average molecular weight is 351 g/mol. The Morgan fingerprint density at radius 1 is 1.00 bits per heavy atom. The molecule has 1 fully saturated rings. The van der Waals surface area contributed by atoms with Crippen molar-refractivity contribution in [2.75, 3.05) is 13.1 Å². The van der Waals surface area contributed by atoms with Gasteiger partial charge in [0.1, 0.15) is 5.60 Å². The van der Waals surface area contributed by atoms with E-state index in [-0.39, 0.29) is 6.04 Å². The van der Waals surface area contributed by atoms with Crippen molar-refractivity contribution in [3.05, 3.63) is 82.6 Å². The van der Waals surface area contributed by atoms with Crippen molar-refractivity contribution in [2.24, 2.45) is 0 Å². The Labute approximate surface area is 151 Å². The summed E-state index contributed by atoms with van der Waals surface area (Å²) in [7, 11) is 0. The van der Waals surface area contributed by atoms with Crippen molar-refractivity contribution in [3.63, 3.8) is 0 Å². The van der Waals surface area contributed by atoms with Gasteiger partial charge in [0.25, 0.3) is 0 Å². The number of aromatic nitrogens is 2. The number of aliphatic hydroxyl groups is 1. The summed E-state index contributed by atoms with van der Waals surface area (Å²) < 4.78 is 0. The van der Waals surface area contributed by atoms with Crippen LogP contribution in [0.4, 0.5) is 0 Å². The fraction of sp³-hybridized carbons (Fsp3) is 0.300. The van der Waals surface area contributed by atoms with Crippen LogP contribution in [0, 0.1) is 0 Å². The van der Waals surface area contributed by atoms with Crippen LogP contribution in [-0.2, 0) is 5.60 Å². The van der Waals surface area contributed by atoms with Crippen molar-refractivity contribution >= 4 is 11.3 Å². The second kappa shape index (κ2) is 7.04. The molecule has 3 aromatic heterocycles. The number of hydrogen-bond donors (Lipinski definition) is 1. The molecule has 4 nitrogen and oxygen atoms in total. The van der Waals surface area contributed by atoms with E-state index in [9.17, 15) is 5.11 Å². The number of rotatable bonds is 5. The first kappa shape index (κ1) is 16.4. The minimum atomic E-state index is -1.20. The van der Waals surface area contributed by atoms with Crippen molar-refractivity contribution in [1.29, 1.82) is 0 Å². The van der Waals surface area contributed by atoms with E-state index >= 15 is 0 Å². The summed E-state index contributed by atoms with van der Waals surface area (Å²) in [5.41, 5.74) is 1.54. The molecular weight excluding hydrogens is 330 g/mol. The maximum atomic E-state index is 12.1. The van der Waals surface area contributed by atoms with Gasteiger partial charge in [-0.05, 0) is 60.5 Å². The molecule has 4 rings (SSSR count). The molecule has 0 amide bonds. The fourth-order valence-electron chi connectivity index (χ4n) is 3.81. The first-order chi connectivity index (χ1) is 12.3. The highest BCUT2D eigenvalue weighted by Gasteiger charge is 2.45. The molecule has 0 aliphatic carbocycles. The van der Waals surface area contributed by atoms with Gasteiger partial charge in [0.05, 0.1) is 6.04 Å². The molecule has 4 heterocycles. The fourth-order valence-corrected chi connectivity index (χ4v) is 4.48. The van der Waals surface area contributed by atoms with Crippen molar-refractivity contribution in [3.8, 4) is 0 Å². The van der Waals surface area contributed by atoms with Gasteiger partial charge in [-0.2, -0.15) is 11.3 Å². The van der Waals surface area contributed by atoms with Gasteiger partial charge in [0.2, 0.25) is 0 Å². The molecule has 0 spiro atoms. The van der Waals surface area contributed by atoms with Crippen molar-refractivity contribution < 1.29 is 5.11 Å². The summed E-state index contributed by atoms with van der Waals surface area (Å²) in [5, 5.41) is 16.3. The van der Waals surface area contributed by atoms with Crippen LogP contribution in [0.15, 0.2) is 65.9 Å². The summed E-state index contributed by atoms with van der Waals surface area (Å²) in [6.45, 7) is 1.98. The number of nitrogens with zero attached hydrogens (tertiary/aromatic N) is 3. The van der Waals surface area contributed by atoms with Gasteiger partial charge in [-0.3, -0.25) is 14.9 Å². The second-order valence-corrected chi connectivity index (χ2v) is 7.23. The number of thiophene rings is 1. The Bertz CT molecular complexity index is 747. The highest BCUT2D eigenvalue weighted by atomic mass is 32.1. The Hall–Kier alpha value is -2.08. The van der Waals surface area contributed by atoms with Crippen LogP contribution in [0.3, 0.4) is 0 Å². The van der Waals surface area contributed by atoms with Gasteiger partial charge in [-0.1, -0.05) is 12.1 Å². The predicted octanol–water partition coefficient (Wildman–Crippen LogP) is 3.61. The van der Waals surface area contributed by atoms with Gasteiger partial charge in [0, 0.05) is 35.9 Å². The predicted molar refractivity (Wildman–Crippen MR) is 99.3 cm³/mol. The summed E-state index contributed by atoms with van der Waals surface area (Å²) in [6.07, 6.45) is 9.34. The Morgan fingerprint density at radius 3 is 2.12 bits per heavy atom. The molecule has 1 aliphatic rings. The number of hydrogen-bond acceptors (Lipinski definition) is 5. The minimum absolute atomic E-state index is 0.158. The molecule has 1 atom stereocenters. The molecule has 5 heteroatoms. The third-order valence-electron chi connectivity index (χ3n) is 4.96. The Balaban J connectivity index is 1.91. The van der Waals surface area contributed by atoms with Crippen LogP contribution in [-0.4, -0.2) is 33.1 Å². The number of likely N-dealkylation sites (tertiary alicyclic amines) is 1. The van der Waals surface area contributed by atoms with E-state index in [0.717, 1.165) is 42.6 Å². The lowest BCUT2D eigenvalue weighted by atomic mass is 9.78. The normalized spacial score (nSPS) is 16.8. The van der Waals surface area contributed by atoms with E-state index in [2.05, 4.69) is 31.7 Å². The summed E-state index contributed by atoms with van der Waals surface area (Å²) in [6, 6.07) is 9.63. The summed E-state index contributed by atoms with van der Waals surface area (Å²) in [4.78, 5) is 10.9. The molecule has 0 bridgehead atoms. The highest BCUT2D eigenvalue weighted by Crippen LogP contribution is 2.45. The molecule has 0 radical (unpaired) electrons. The zero-order valence-electron chi connectivity index (χ0n) is 14.0. The van der Waals surface area contributed by atoms with Gasteiger partial charge in [0.15, 0.2) is 0 Å². The second-order valence-electron chi connectivity index (χ2n) is 6.45. The lowest BCUT2D eigenvalue weighted by Gasteiger charge is -2.41. The van der Waals surface area contributed by atoms with Crippen LogP contribution in [0.5, 0.6) is 0 Å². The third kappa shape index (κ3) is 2.99.